The number of thiazole rings is 1. The smallest absolute Gasteiger partial charge is 0.190 e. The second-order valence-corrected chi connectivity index (χ2v) is 6.31. The highest BCUT2D eigenvalue weighted by molar-refractivity contribution is 7.15. The van der Waals surface area contributed by atoms with Crippen molar-refractivity contribution in [3.8, 4) is 0 Å². The van der Waals surface area contributed by atoms with E-state index < -0.39 is 0 Å². The molecular weight excluding hydrogens is 266 g/mol. The van der Waals surface area contributed by atoms with E-state index in [0.717, 1.165) is 17.4 Å². The molecular formula is C16H23N3S. The first-order valence-electron chi connectivity index (χ1n) is 7.10. The fourth-order valence-electron chi connectivity index (χ4n) is 2.22. The van der Waals surface area contributed by atoms with Crippen LogP contribution in [-0.2, 0) is 6.54 Å². The highest BCUT2D eigenvalue weighted by atomic mass is 32.1. The molecule has 0 aliphatic heterocycles. The fourth-order valence-corrected chi connectivity index (χ4v) is 3.39. The van der Waals surface area contributed by atoms with Crippen molar-refractivity contribution in [3.05, 3.63) is 40.4 Å². The molecule has 0 radical (unpaired) electrons. The number of hydrogen-bond acceptors (Lipinski definition) is 4. The van der Waals surface area contributed by atoms with Gasteiger partial charge in [-0.1, -0.05) is 42.9 Å². The molecule has 1 aromatic carbocycles. The largest absolute Gasteiger partial charge is 0.326 e. The molecule has 0 amide bonds. The molecule has 0 atom stereocenters. The van der Waals surface area contributed by atoms with E-state index >= 15 is 0 Å². The van der Waals surface area contributed by atoms with Gasteiger partial charge in [0.15, 0.2) is 5.13 Å². The number of aryl methyl sites for hydroxylation is 1. The minimum atomic E-state index is 0.412. The minimum absolute atomic E-state index is 0.412. The average Bonchev–Trinajstić information content (AvgIpc) is 2.86. The van der Waals surface area contributed by atoms with Crippen molar-refractivity contribution in [1.29, 1.82) is 0 Å². The average molecular weight is 289 g/mol. The van der Waals surface area contributed by atoms with Gasteiger partial charge in [-0.15, -0.1) is 0 Å². The molecule has 2 rings (SSSR count). The second kappa shape index (κ2) is 6.37. The number of benzene rings is 1. The van der Waals surface area contributed by atoms with Gasteiger partial charge in [0.1, 0.15) is 0 Å². The topological polar surface area (TPSA) is 42.2 Å². The SMILES string of the molecule is CCN(c1ccc(C)cc1)c1nc(C(C)C)c(CN)s1. The highest BCUT2D eigenvalue weighted by Gasteiger charge is 2.17. The summed E-state index contributed by atoms with van der Waals surface area (Å²) in [6, 6.07) is 8.58. The van der Waals surface area contributed by atoms with Gasteiger partial charge < -0.3 is 10.6 Å². The van der Waals surface area contributed by atoms with Crippen molar-refractivity contribution in [2.45, 2.75) is 40.2 Å². The van der Waals surface area contributed by atoms with Gasteiger partial charge in [0.05, 0.1) is 5.69 Å². The van der Waals surface area contributed by atoms with E-state index in [4.69, 9.17) is 10.7 Å². The Bertz CT molecular complexity index is 558. The van der Waals surface area contributed by atoms with Crippen molar-refractivity contribution < 1.29 is 0 Å². The van der Waals surface area contributed by atoms with Gasteiger partial charge in [0.2, 0.25) is 0 Å². The van der Waals surface area contributed by atoms with E-state index in [1.165, 1.54) is 16.1 Å². The summed E-state index contributed by atoms with van der Waals surface area (Å²) in [5, 5.41) is 1.04. The number of nitrogens with two attached hydrogens (primary N) is 1. The zero-order chi connectivity index (χ0) is 14.7. The predicted molar refractivity (Wildman–Crippen MR) is 88.0 cm³/mol. The molecule has 1 aromatic heterocycles. The predicted octanol–water partition coefficient (Wildman–Crippen LogP) is 4.19. The first-order valence-corrected chi connectivity index (χ1v) is 7.92. The summed E-state index contributed by atoms with van der Waals surface area (Å²) in [5.41, 5.74) is 9.45. The molecule has 108 valence electrons. The molecule has 1 heterocycles. The van der Waals surface area contributed by atoms with E-state index in [1.54, 1.807) is 11.3 Å². The van der Waals surface area contributed by atoms with Crippen molar-refractivity contribution in [3.63, 3.8) is 0 Å². The van der Waals surface area contributed by atoms with Crippen molar-refractivity contribution in [1.82, 2.24) is 4.98 Å². The molecule has 0 saturated carbocycles. The Balaban J connectivity index is 2.39. The lowest BCUT2D eigenvalue weighted by Crippen LogP contribution is -2.15. The van der Waals surface area contributed by atoms with E-state index in [0.29, 0.717) is 12.5 Å². The number of anilines is 2. The minimum Gasteiger partial charge on any atom is -0.326 e. The summed E-state index contributed by atoms with van der Waals surface area (Å²) in [7, 11) is 0. The zero-order valence-corrected chi connectivity index (χ0v) is 13.5. The molecule has 0 spiro atoms. The third-order valence-corrected chi connectivity index (χ3v) is 4.46. The molecule has 0 aliphatic carbocycles. The summed E-state index contributed by atoms with van der Waals surface area (Å²) < 4.78 is 0. The Hall–Kier alpha value is -1.39. The first kappa shape index (κ1) is 15.0. The molecule has 0 fully saturated rings. The van der Waals surface area contributed by atoms with Gasteiger partial charge in [-0.05, 0) is 31.9 Å². The molecule has 0 aliphatic rings. The van der Waals surface area contributed by atoms with Crippen molar-refractivity contribution >= 4 is 22.2 Å². The van der Waals surface area contributed by atoms with Gasteiger partial charge in [0, 0.05) is 23.7 Å². The molecule has 4 heteroatoms. The maximum Gasteiger partial charge on any atom is 0.190 e. The monoisotopic (exact) mass is 289 g/mol. The summed E-state index contributed by atoms with van der Waals surface area (Å²) in [4.78, 5) is 8.26. The van der Waals surface area contributed by atoms with Gasteiger partial charge in [-0.3, -0.25) is 0 Å². The molecule has 20 heavy (non-hydrogen) atoms. The normalized spacial score (nSPS) is 11.1. The van der Waals surface area contributed by atoms with Crippen molar-refractivity contribution in [2.24, 2.45) is 5.73 Å². The summed E-state index contributed by atoms with van der Waals surface area (Å²) in [5.74, 6) is 0.412. The zero-order valence-electron chi connectivity index (χ0n) is 12.7. The van der Waals surface area contributed by atoms with Crippen LogP contribution in [0.1, 0.15) is 42.8 Å². The van der Waals surface area contributed by atoms with Crippen LogP contribution in [0.2, 0.25) is 0 Å². The number of nitrogens with zero attached hydrogens (tertiary/aromatic N) is 2. The highest BCUT2D eigenvalue weighted by Crippen LogP contribution is 2.34. The quantitative estimate of drug-likeness (QED) is 0.897. The Labute approximate surface area is 125 Å². The maximum absolute atomic E-state index is 5.85. The van der Waals surface area contributed by atoms with Crippen LogP contribution in [0.4, 0.5) is 10.8 Å². The molecule has 2 N–H and O–H groups in total. The molecule has 2 aromatic rings. The first-order chi connectivity index (χ1) is 9.56. The van der Waals surface area contributed by atoms with Crippen LogP contribution in [0.3, 0.4) is 0 Å². The summed E-state index contributed by atoms with van der Waals surface area (Å²) in [6.07, 6.45) is 0. The van der Waals surface area contributed by atoms with E-state index in [1.807, 2.05) is 0 Å². The van der Waals surface area contributed by atoms with Gasteiger partial charge in [-0.25, -0.2) is 4.98 Å². The molecule has 0 unspecified atom stereocenters. The third-order valence-electron chi connectivity index (χ3n) is 3.34. The maximum atomic E-state index is 5.85. The Morgan fingerprint density at radius 3 is 2.35 bits per heavy atom. The van der Waals surface area contributed by atoms with Crippen LogP contribution >= 0.6 is 11.3 Å². The molecule has 0 saturated heterocycles. The summed E-state index contributed by atoms with van der Waals surface area (Å²) in [6.45, 7) is 10.1. The van der Waals surface area contributed by atoms with Crippen LogP contribution in [0.15, 0.2) is 24.3 Å². The van der Waals surface area contributed by atoms with Crippen LogP contribution in [-0.4, -0.2) is 11.5 Å². The van der Waals surface area contributed by atoms with Crippen LogP contribution in [0.5, 0.6) is 0 Å². The van der Waals surface area contributed by atoms with Crippen molar-refractivity contribution in [2.75, 3.05) is 11.4 Å². The van der Waals surface area contributed by atoms with Gasteiger partial charge in [-0.2, -0.15) is 0 Å². The van der Waals surface area contributed by atoms with Crippen LogP contribution in [0, 0.1) is 6.92 Å². The number of hydrogen-bond donors (Lipinski definition) is 1. The molecule has 0 bridgehead atoms. The lowest BCUT2D eigenvalue weighted by Gasteiger charge is -2.20. The lowest BCUT2D eigenvalue weighted by molar-refractivity contribution is 0.809. The molecule has 3 nitrogen and oxygen atoms in total. The standard InChI is InChI=1S/C16H23N3S/c1-5-19(13-8-6-12(4)7-9-13)16-18-15(11(2)3)14(10-17)20-16/h6-9,11H,5,10,17H2,1-4H3. The third kappa shape index (κ3) is 3.02. The number of rotatable bonds is 5. The van der Waals surface area contributed by atoms with E-state index in [-0.39, 0.29) is 0 Å². The van der Waals surface area contributed by atoms with E-state index in [2.05, 4.69) is 56.9 Å². The Morgan fingerprint density at radius 1 is 1.25 bits per heavy atom. The number of aromatic nitrogens is 1. The Morgan fingerprint density at radius 2 is 1.90 bits per heavy atom. The lowest BCUT2D eigenvalue weighted by atomic mass is 10.1. The summed E-state index contributed by atoms with van der Waals surface area (Å²) >= 11 is 1.71. The van der Waals surface area contributed by atoms with Gasteiger partial charge >= 0.3 is 0 Å². The fraction of sp³-hybridized carbons (Fsp3) is 0.438. The Kier molecular flexibility index (Phi) is 4.78. The van der Waals surface area contributed by atoms with E-state index in [9.17, 15) is 0 Å². The van der Waals surface area contributed by atoms with Crippen LogP contribution < -0.4 is 10.6 Å². The van der Waals surface area contributed by atoms with Gasteiger partial charge in [0.25, 0.3) is 0 Å². The van der Waals surface area contributed by atoms with Crippen LogP contribution in [0.25, 0.3) is 0 Å². The second-order valence-electron chi connectivity index (χ2n) is 5.24.